The Labute approximate surface area is 110 Å². The second-order valence-electron chi connectivity index (χ2n) is 3.71. The van der Waals surface area contributed by atoms with Gasteiger partial charge in [0.15, 0.2) is 0 Å². The van der Waals surface area contributed by atoms with Crippen LogP contribution >= 0.6 is 23.4 Å². The van der Waals surface area contributed by atoms with Gasteiger partial charge in [0, 0.05) is 17.0 Å². The quantitative estimate of drug-likeness (QED) is 0.452. The Bertz CT molecular complexity index is 365. The van der Waals surface area contributed by atoms with E-state index in [4.69, 9.17) is 22.4 Å². The largest absolute Gasteiger partial charge is 0.481 e. The predicted molar refractivity (Wildman–Crippen MR) is 72.7 cm³/mol. The van der Waals surface area contributed by atoms with Crippen molar-refractivity contribution in [2.24, 2.45) is 0 Å². The highest BCUT2D eigenvalue weighted by Crippen LogP contribution is 2.32. The van der Waals surface area contributed by atoms with Crippen LogP contribution in [-0.2, 0) is 4.79 Å². The van der Waals surface area contributed by atoms with Crippen molar-refractivity contribution in [3.8, 4) is 0 Å². The lowest BCUT2D eigenvalue weighted by molar-refractivity contribution is -0.137. The summed E-state index contributed by atoms with van der Waals surface area (Å²) in [5.74, 6) is 0.182. The Hall–Kier alpha value is -0.870. The van der Waals surface area contributed by atoms with E-state index in [1.54, 1.807) is 11.8 Å². The normalized spacial score (nSPS) is 10.4. The van der Waals surface area contributed by atoms with E-state index in [2.05, 4.69) is 0 Å². The molecule has 3 nitrogen and oxygen atoms in total. The van der Waals surface area contributed by atoms with E-state index >= 15 is 0 Å². The number of hydrogen-bond acceptors (Lipinski definition) is 3. The third-order valence-corrected chi connectivity index (χ3v) is 3.94. The molecule has 5 heteroatoms. The van der Waals surface area contributed by atoms with E-state index in [-0.39, 0.29) is 6.42 Å². The second kappa shape index (κ2) is 7.45. The summed E-state index contributed by atoms with van der Waals surface area (Å²) in [5.41, 5.74) is 6.52. The molecule has 3 N–H and O–H groups in total. The first-order valence-electron chi connectivity index (χ1n) is 5.50. The summed E-state index contributed by atoms with van der Waals surface area (Å²) >= 11 is 7.66. The van der Waals surface area contributed by atoms with Crippen LogP contribution < -0.4 is 5.73 Å². The predicted octanol–water partition coefficient (Wildman–Crippen LogP) is 3.66. The zero-order chi connectivity index (χ0) is 12.7. The molecule has 1 aromatic rings. The summed E-state index contributed by atoms with van der Waals surface area (Å²) in [6.45, 7) is 0. The van der Waals surface area contributed by atoms with Crippen molar-refractivity contribution >= 4 is 35.0 Å². The van der Waals surface area contributed by atoms with E-state index < -0.39 is 5.97 Å². The summed E-state index contributed by atoms with van der Waals surface area (Å²) in [6, 6.07) is 5.48. The van der Waals surface area contributed by atoms with Crippen molar-refractivity contribution in [3.05, 3.63) is 23.2 Å². The van der Waals surface area contributed by atoms with Gasteiger partial charge >= 0.3 is 5.97 Å². The molecule has 0 unspecified atom stereocenters. The number of unbranched alkanes of at least 4 members (excludes halogenated alkanes) is 2. The highest BCUT2D eigenvalue weighted by molar-refractivity contribution is 7.99. The molecule has 0 spiro atoms. The molecule has 17 heavy (non-hydrogen) atoms. The molecule has 0 saturated heterocycles. The van der Waals surface area contributed by atoms with Crippen LogP contribution in [0.2, 0.25) is 5.02 Å². The van der Waals surface area contributed by atoms with Crippen molar-refractivity contribution in [2.75, 3.05) is 11.5 Å². The van der Waals surface area contributed by atoms with Crippen LogP contribution in [0.4, 0.5) is 5.69 Å². The number of carbonyl (C=O) groups is 1. The van der Waals surface area contributed by atoms with Gasteiger partial charge in [0.1, 0.15) is 0 Å². The van der Waals surface area contributed by atoms with Gasteiger partial charge in [-0.1, -0.05) is 24.1 Å². The van der Waals surface area contributed by atoms with E-state index in [0.717, 1.165) is 29.9 Å². The third kappa shape index (κ3) is 5.33. The number of nitrogen functional groups attached to an aromatic ring is 1. The maximum atomic E-state index is 10.3. The minimum atomic E-state index is -0.729. The van der Waals surface area contributed by atoms with Crippen LogP contribution in [0.1, 0.15) is 25.7 Å². The lowest BCUT2D eigenvalue weighted by atomic mass is 10.2. The van der Waals surface area contributed by atoms with Crippen LogP contribution in [0.3, 0.4) is 0 Å². The van der Waals surface area contributed by atoms with Gasteiger partial charge in [0.2, 0.25) is 0 Å². The summed E-state index contributed by atoms with van der Waals surface area (Å²) in [4.78, 5) is 11.2. The van der Waals surface area contributed by atoms with Gasteiger partial charge in [-0.25, -0.2) is 0 Å². The van der Waals surface area contributed by atoms with E-state index in [0.29, 0.717) is 10.7 Å². The summed E-state index contributed by atoms with van der Waals surface area (Å²) < 4.78 is 0. The number of nitrogens with two attached hydrogens (primary N) is 1. The molecule has 0 aliphatic rings. The van der Waals surface area contributed by atoms with E-state index in [1.165, 1.54) is 0 Å². The van der Waals surface area contributed by atoms with Gasteiger partial charge in [0.05, 0.1) is 5.02 Å². The molecule has 0 amide bonds. The van der Waals surface area contributed by atoms with Crippen LogP contribution in [0.5, 0.6) is 0 Å². The average Bonchev–Trinajstić information content (AvgIpc) is 2.26. The fraction of sp³-hybridized carbons (Fsp3) is 0.417. The average molecular weight is 274 g/mol. The fourth-order valence-corrected chi connectivity index (χ4v) is 2.75. The van der Waals surface area contributed by atoms with Crippen LogP contribution in [0.25, 0.3) is 0 Å². The maximum Gasteiger partial charge on any atom is 0.303 e. The molecular formula is C12H16ClNO2S. The number of carboxylic acids is 1. The van der Waals surface area contributed by atoms with Crippen LogP contribution in [0, 0.1) is 0 Å². The number of carboxylic acid groups (broad SMARTS) is 1. The van der Waals surface area contributed by atoms with Gasteiger partial charge in [-0.15, -0.1) is 11.8 Å². The first-order chi connectivity index (χ1) is 8.11. The Balaban J connectivity index is 2.24. The molecule has 0 aliphatic carbocycles. The molecule has 1 rings (SSSR count). The zero-order valence-electron chi connectivity index (χ0n) is 9.49. The van der Waals surface area contributed by atoms with Crippen molar-refractivity contribution in [3.63, 3.8) is 0 Å². The molecule has 0 bridgehead atoms. The molecule has 1 aromatic carbocycles. The number of rotatable bonds is 7. The first kappa shape index (κ1) is 14.2. The van der Waals surface area contributed by atoms with Crippen LogP contribution in [0.15, 0.2) is 23.1 Å². The smallest absolute Gasteiger partial charge is 0.303 e. The topological polar surface area (TPSA) is 63.3 Å². The first-order valence-corrected chi connectivity index (χ1v) is 6.86. The molecule has 0 saturated carbocycles. The number of thioether (sulfide) groups is 1. The van der Waals surface area contributed by atoms with Crippen molar-refractivity contribution < 1.29 is 9.90 Å². The lowest BCUT2D eigenvalue weighted by Gasteiger charge is -2.07. The van der Waals surface area contributed by atoms with Gasteiger partial charge in [-0.2, -0.15) is 0 Å². The van der Waals surface area contributed by atoms with E-state index in [9.17, 15) is 4.79 Å². The van der Waals surface area contributed by atoms with Gasteiger partial charge in [-0.3, -0.25) is 4.79 Å². The van der Waals surface area contributed by atoms with Crippen molar-refractivity contribution in [1.82, 2.24) is 0 Å². The standard InChI is InChI=1S/C12H16ClNO2S/c13-9-5-4-6-10(14)12(9)17-8-3-1-2-7-11(15)16/h4-6H,1-3,7-8,14H2,(H,15,16). The number of benzene rings is 1. The summed E-state index contributed by atoms with van der Waals surface area (Å²) in [6.07, 6.45) is 2.87. The number of aliphatic carboxylic acids is 1. The van der Waals surface area contributed by atoms with Crippen molar-refractivity contribution in [2.45, 2.75) is 30.6 Å². The molecule has 0 fully saturated rings. The minimum absolute atomic E-state index is 0.249. The number of hydrogen-bond donors (Lipinski definition) is 2. The Morgan fingerprint density at radius 3 is 2.76 bits per heavy atom. The maximum absolute atomic E-state index is 10.3. The number of anilines is 1. The minimum Gasteiger partial charge on any atom is -0.481 e. The third-order valence-electron chi connectivity index (χ3n) is 2.28. The Morgan fingerprint density at radius 1 is 1.35 bits per heavy atom. The summed E-state index contributed by atoms with van der Waals surface area (Å²) in [5, 5.41) is 9.16. The second-order valence-corrected chi connectivity index (χ2v) is 5.22. The molecule has 0 atom stereocenters. The SMILES string of the molecule is Nc1cccc(Cl)c1SCCCCCC(=O)O. The molecule has 94 valence electrons. The molecular weight excluding hydrogens is 258 g/mol. The van der Waals surface area contributed by atoms with Crippen LogP contribution in [-0.4, -0.2) is 16.8 Å². The lowest BCUT2D eigenvalue weighted by Crippen LogP contribution is -1.94. The molecule has 0 aromatic heterocycles. The van der Waals surface area contributed by atoms with Crippen molar-refractivity contribution in [1.29, 1.82) is 0 Å². The Kier molecular flexibility index (Phi) is 6.22. The monoisotopic (exact) mass is 273 g/mol. The number of halogens is 1. The summed E-state index contributed by atoms with van der Waals surface area (Å²) in [7, 11) is 0. The zero-order valence-corrected chi connectivity index (χ0v) is 11.1. The molecule has 0 heterocycles. The van der Waals surface area contributed by atoms with E-state index in [1.807, 2.05) is 18.2 Å². The molecule has 0 aliphatic heterocycles. The van der Waals surface area contributed by atoms with Gasteiger partial charge in [0.25, 0.3) is 0 Å². The molecule has 0 radical (unpaired) electrons. The van der Waals surface area contributed by atoms with Gasteiger partial charge in [-0.05, 0) is 30.7 Å². The van der Waals surface area contributed by atoms with Gasteiger partial charge < -0.3 is 10.8 Å². The fourth-order valence-electron chi connectivity index (χ4n) is 1.41. The Morgan fingerprint density at radius 2 is 2.12 bits per heavy atom. The highest BCUT2D eigenvalue weighted by atomic mass is 35.5. The highest BCUT2D eigenvalue weighted by Gasteiger charge is 2.04.